The highest BCUT2D eigenvalue weighted by molar-refractivity contribution is 9.09. The number of hydrogen-bond acceptors (Lipinski definition) is 1. The van der Waals surface area contributed by atoms with Crippen molar-refractivity contribution in [1.82, 2.24) is 0 Å². The van der Waals surface area contributed by atoms with Crippen LogP contribution in [0.1, 0.15) is 27.7 Å². The van der Waals surface area contributed by atoms with Gasteiger partial charge < -0.3 is 5.11 Å². The van der Waals surface area contributed by atoms with Gasteiger partial charge in [0.05, 0.1) is 5.56 Å². The Morgan fingerprint density at radius 2 is 2.00 bits per heavy atom. The minimum absolute atomic E-state index is 0.148. The molecule has 82 valence electrons. The number of halogens is 1. The summed E-state index contributed by atoms with van der Waals surface area (Å²) in [6.07, 6.45) is 0. The first-order valence-electron chi connectivity index (χ1n) is 4.99. The van der Waals surface area contributed by atoms with Gasteiger partial charge in [-0.25, -0.2) is 4.79 Å². The Hall–Kier alpha value is -1.35. The van der Waals surface area contributed by atoms with E-state index in [1.165, 1.54) is 0 Å². The van der Waals surface area contributed by atoms with Crippen LogP contribution in [0.2, 0.25) is 0 Å². The lowest BCUT2D eigenvalue weighted by Gasteiger charge is -2.08. The van der Waals surface area contributed by atoms with E-state index in [0.717, 1.165) is 16.3 Å². The quantitative estimate of drug-likeness (QED) is 0.844. The number of rotatable bonds is 2. The SMILES string of the molecule is CC(Br)c1cc(C(=O)O)c2ccccc2c1. The molecule has 2 aromatic carbocycles. The Morgan fingerprint density at radius 1 is 1.31 bits per heavy atom. The minimum Gasteiger partial charge on any atom is -0.478 e. The fourth-order valence-electron chi connectivity index (χ4n) is 1.74. The smallest absolute Gasteiger partial charge is 0.336 e. The van der Waals surface area contributed by atoms with Gasteiger partial charge >= 0.3 is 5.97 Å². The van der Waals surface area contributed by atoms with Crippen molar-refractivity contribution in [2.24, 2.45) is 0 Å². The summed E-state index contributed by atoms with van der Waals surface area (Å²) in [7, 11) is 0. The molecular weight excluding hydrogens is 268 g/mol. The number of fused-ring (bicyclic) bond motifs is 1. The van der Waals surface area contributed by atoms with Crippen LogP contribution < -0.4 is 0 Å². The third-order valence-corrected chi connectivity index (χ3v) is 3.10. The van der Waals surface area contributed by atoms with Crippen molar-refractivity contribution in [3.8, 4) is 0 Å². The molecule has 0 aliphatic rings. The van der Waals surface area contributed by atoms with E-state index >= 15 is 0 Å². The van der Waals surface area contributed by atoms with Gasteiger partial charge in [-0.3, -0.25) is 0 Å². The number of aromatic carboxylic acids is 1. The van der Waals surface area contributed by atoms with Crippen LogP contribution in [0.25, 0.3) is 10.8 Å². The van der Waals surface area contributed by atoms with E-state index < -0.39 is 5.97 Å². The molecule has 2 nitrogen and oxygen atoms in total. The van der Waals surface area contributed by atoms with E-state index in [0.29, 0.717) is 5.56 Å². The van der Waals surface area contributed by atoms with Gasteiger partial charge in [-0.05, 0) is 35.4 Å². The number of hydrogen-bond donors (Lipinski definition) is 1. The molecule has 3 heteroatoms. The molecule has 0 heterocycles. The van der Waals surface area contributed by atoms with Crippen molar-refractivity contribution in [3.05, 3.63) is 47.5 Å². The summed E-state index contributed by atoms with van der Waals surface area (Å²) in [4.78, 5) is 11.3. The van der Waals surface area contributed by atoms with Gasteiger partial charge in [0, 0.05) is 4.83 Å². The minimum atomic E-state index is -0.883. The summed E-state index contributed by atoms with van der Waals surface area (Å²) in [6, 6.07) is 11.3. The summed E-state index contributed by atoms with van der Waals surface area (Å²) < 4.78 is 0. The van der Waals surface area contributed by atoms with Crippen molar-refractivity contribution < 1.29 is 9.90 Å². The zero-order valence-electron chi connectivity index (χ0n) is 8.77. The molecule has 0 saturated carbocycles. The Bertz CT molecular complexity index is 547. The highest BCUT2D eigenvalue weighted by atomic mass is 79.9. The highest BCUT2D eigenvalue weighted by Crippen LogP contribution is 2.28. The molecule has 1 atom stereocenters. The second-order valence-electron chi connectivity index (χ2n) is 3.71. The van der Waals surface area contributed by atoms with E-state index in [4.69, 9.17) is 0 Å². The second-order valence-corrected chi connectivity index (χ2v) is 5.08. The van der Waals surface area contributed by atoms with Gasteiger partial charge in [-0.15, -0.1) is 0 Å². The Morgan fingerprint density at radius 3 is 2.62 bits per heavy atom. The molecule has 0 amide bonds. The van der Waals surface area contributed by atoms with Crippen LogP contribution >= 0.6 is 15.9 Å². The molecule has 0 aliphatic carbocycles. The Balaban J connectivity index is 2.79. The molecule has 2 rings (SSSR count). The van der Waals surface area contributed by atoms with Crippen LogP contribution in [0.15, 0.2) is 36.4 Å². The maximum atomic E-state index is 11.2. The fraction of sp³-hybridized carbons (Fsp3) is 0.154. The molecule has 16 heavy (non-hydrogen) atoms. The summed E-state index contributed by atoms with van der Waals surface area (Å²) in [5.74, 6) is -0.883. The first-order chi connectivity index (χ1) is 7.59. The maximum Gasteiger partial charge on any atom is 0.336 e. The summed E-state index contributed by atoms with van der Waals surface area (Å²) >= 11 is 3.46. The molecule has 2 aromatic rings. The highest BCUT2D eigenvalue weighted by Gasteiger charge is 2.11. The third kappa shape index (κ3) is 1.95. The van der Waals surface area contributed by atoms with Crippen LogP contribution in [-0.4, -0.2) is 11.1 Å². The van der Waals surface area contributed by atoms with Crippen LogP contribution in [-0.2, 0) is 0 Å². The number of carboxylic acids is 1. The molecular formula is C13H11BrO2. The summed E-state index contributed by atoms with van der Waals surface area (Å²) in [5.41, 5.74) is 1.34. The van der Waals surface area contributed by atoms with Gasteiger partial charge in [0.15, 0.2) is 0 Å². The lowest BCUT2D eigenvalue weighted by Crippen LogP contribution is -1.99. The van der Waals surface area contributed by atoms with E-state index in [9.17, 15) is 9.90 Å². The second kappa shape index (κ2) is 4.26. The maximum absolute atomic E-state index is 11.2. The summed E-state index contributed by atoms with van der Waals surface area (Å²) in [5, 5.41) is 10.9. The number of benzene rings is 2. The predicted molar refractivity (Wildman–Crippen MR) is 68.2 cm³/mol. The van der Waals surface area contributed by atoms with Crippen LogP contribution in [0, 0.1) is 0 Å². The van der Waals surface area contributed by atoms with Crippen LogP contribution in [0.3, 0.4) is 0 Å². The van der Waals surface area contributed by atoms with E-state index in [1.54, 1.807) is 6.07 Å². The monoisotopic (exact) mass is 278 g/mol. The molecule has 1 unspecified atom stereocenters. The van der Waals surface area contributed by atoms with Crippen molar-refractivity contribution in [3.63, 3.8) is 0 Å². The largest absolute Gasteiger partial charge is 0.478 e. The molecule has 0 radical (unpaired) electrons. The lowest BCUT2D eigenvalue weighted by molar-refractivity contribution is 0.0699. The standard InChI is InChI=1S/C13H11BrO2/c1-8(14)10-6-9-4-2-3-5-11(9)12(7-10)13(15)16/h2-8H,1H3,(H,15,16). The van der Waals surface area contributed by atoms with Gasteiger partial charge in [-0.2, -0.15) is 0 Å². The van der Waals surface area contributed by atoms with Gasteiger partial charge in [0.2, 0.25) is 0 Å². The van der Waals surface area contributed by atoms with E-state index in [2.05, 4.69) is 15.9 Å². The molecule has 0 spiro atoms. The normalized spacial score (nSPS) is 12.6. The fourth-order valence-corrected chi connectivity index (χ4v) is 2.00. The number of alkyl halides is 1. The first-order valence-corrected chi connectivity index (χ1v) is 5.91. The average molecular weight is 279 g/mol. The lowest BCUT2D eigenvalue weighted by atomic mass is 10.00. The molecule has 0 aliphatic heterocycles. The van der Waals surface area contributed by atoms with Crippen molar-refractivity contribution >= 4 is 32.7 Å². The zero-order chi connectivity index (χ0) is 11.7. The Labute approximate surface area is 102 Å². The van der Waals surface area contributed by atoms with E-state index in [-0.39, 0.29) is 4.83 Å². The number of carbonyl (C=O) groups is 1. The molecule has 0 bridgehead atoms. The molecule has 0 aromatic heterocycles. The summed E-state index contributed by atoms with van der Waals surface area (Å²) in [6.45, 7) is 1.98. The topological polar surface area (TPSA) is 37.3 Å². The average Bonchev–Trinajstić information content (AvgIpc) is 2.27. The molecule has 0 fully saturated rings. The van der Waals surface area contributed by atoms with Gasteiger partial charge in [0.1, 0.15) is 0 Å². The first kappa shape index (κ1) is 11.1. The van der Waals surface area contributed by atoms with Gasteiger partial charge in [0.25, 0.3) is 0 Å². The van der Waals surface area contributed by atoms with Crippen molar-refractivity contribution in [1.29, 1.82) is 0 Å². The molecule has 1 N–H and O–H groups in total. The third-order valence-electron chi connectivity index (χ3n) is 2.57. The van der Waals surface area contributed by atoms with Crippen molar-refractivity contribution in [2.75, 3.05) is 0 Å². The van der Waals surface area contributed by atoms with Crippen molar-refractivity contribution in [2.45, 2.75) is 11.8 Å². The van der Waals surface area contributed by atoms with Gasteiger partial charge in [-0.1, -0.05) is 40.2 Å². The van der Waals surface area contributed by atoms with E-state index in [1.807, 2.05) is 37.3 Å². The van der Waals surface area contributed by atoms with Crippen LogP contribution in [0.5, 0.6) is 0 Å². The molecule has 0 saturated heterocycles. The van der Waals surface area contributed by atoms with Crippen LogP contribution in [0.4, 0.5) is 0 Å². The zero-order valence-corrected chi connectivity index (χ0v) is 10.4. The Kier molecular flexibility index (Phi) is 2.97. The predicted octanol–water partition coefficient (Wildman–Crippen LogP) is 3.99. The number of carboxylic acid groups (broad SMARTS) is 1.